The lowest BCUT2D eigenvalue weighted by atomic mass is 9.85. The lowest BCUT2D eigenvalue weighted by Gasteiger charge is -2.34. The number of aryl methyl sites for hydroxylation is 1. The number of carbonyl (C=O) groups excluding carboxylic acids is 2. The van der Waals surface area contributed by atoms with Gasteiger partial charge < -0.3 is 15.5 Å². The second kappa shape index (κ2) is 17.9. The van der Waals surface area contributed by atoms with Gasteiger partial charge in [-0.25, -0.2) is 40.3 Å². The van der Waals surface area contributed by atoms with Gasteiger partial charge in [0.25, 0.3) is 0 Å². The third kappa shape index (κ3) is 10.9. The van der Waals surface area contributed by atoms with Crippen molar-refractivity contribution in [1.29, 1.82) is 0 Å². The maximum absolute atomic E-state index is 15.2. The number of rotatable bonds is 12. The zero-order valence-corrected chi connectivity index (χ0v) is 36.1. The molecule has 2 aliphatic carbocycles. The monoisotopic (exact) mass is 870 g/mol. The van der Waals surface area contributed by atoms with Crippen LogP contribution in [-0.2, 0) is 45.7 Å². The minimum Gasteiger partial charge on any atom is -0.307 e. The van der Waals surface area contributed by atoms with Crippen LogP contribution in [0.15, 0.2) is 18.2 Å². The Balaban J connectivity index is 1.14. The van der Waals surface area contributed by atoms with Crippen LogP contribution in [0, 0.1) is 11.7 Å². The van der Waals surface area contributed by atoms with Gasteiger partial charge in [-0.15, -0.1) is 0 Å². The van der Waals surface area contributed by atoms with Crippen LogP contribution in [0.25, 0.3) is 0 Å². The summed E-state index contributed by atoms with van der Waals surface area (Å²) in [6.07, 6.45) is 0.677. The van der Waals surface area contributed by atoms with Gasteiger partial charge in [0.05, 0.1) is 17.0 Å². The first kappa shape index (κ1) is 45.1. The molecule has 2 saturated heterocycles. The van der Waals surface area contributed by atoms with Crippen molar-refractivity contribution in [3.63, 3.8) is 0 Å². The number of carbonyl (C=O) groups is 2. The highest BCUT2D eigenvalue weighted by molar-refractivity contribution is 7.91. The first-order valence-corrected chi connectivity index (χ1v) is 23.9. The van der Waals surface area contributed by atoms with Crippen LogP contribution < -0.4 is 20.1 Å². The minimum atomic E-state index is -4.40. The van der Waals surface area contributed by atoms with E-state index < -0.39 is 61.1 Å². The number of nitrogens with zero attached hydrogens (tertiary/aromatic N) is 2. The van der Waals surface area contributed by atoms with Gasteiger partial charge in [-0.3, -0.25) is 4.90 Å². The summed E-state index contributed by atoms with van der Waals surface area (Å²) in [5.74, 6) is -1.02. The fourth-order valence-electron chi connectivity index (χ4n) is 9.56. The van der Waals surface area contributed by atoms with Crippen molar-refractivity contribution in [2.75, 3.05) is 43.4 Å². The molecule has 2 aliphatic heterocycles. The molecule has 4 amide bonds. The molecular weight excluding hydrogens is 813 g/mol. The lowest BCUT2D eigenvalue weighted by molar-refractivity contribution is -0.147. The summed E-state index contributed by atoms with van der Waals surface area (Å²) in [7, 11) is -8.16. The summed E-state index contributed by atoms with van der Waals surface area (Å²) in [4.78, 5) is 30.1. The van der Waals surface area contributed by atoms with Crippen LogP contribution in [0.2, 0.25) is 0 Å². The van der Waals surface area contributed by atoms with Gasteiger partial charge in [0.1, 0.15) is 5.82 Å². The van der Waals surface area contributed by atoms with Gasteiger partial charge in [-0.2, -0.15) is 13.2 Å². The van der Waals surface area contributed by atoms with E-state index in [0.29, 0.717) is 73.7 Å². The van der Waals surface area contributed by atoms with E-state index in [4.69, 9.17) is 0 Å². The maximum atomic E-state index is 15.2. The highest BCUT2D eigenvalue weighted by Gasteiger charge is 2.38. The average Bonchev–Trinajstić information content (AvgIpc) is 3.77. The Bertz CT molecular complexity index is 2120. The number of piperidine rings is 2. The third-order valence-electron chi connectivity index (χ3n) is 12.6. The van der Waals surface area contributed by atoms with Crippen molar-refractivity contribution in [2.45, 2.75) is 133 Å². The number of amides is 4. The minimum absolute atomic E-state index is 0.0528. The number of nitrogens with one attached hydrogen (secondary N) is 4. The Kier molecular flexibility index (Phi) is 13.6. The number of sulfonamides is 2. The highest BCUT2D eigenvalue weighted by Crippen LogP contribution is 2.44. The zero-order chi connectivity index (χ0) is 43.0. The molecule has 328 valence electrons. The number of halogens is 4. The summed E-state index contributed by atoms with van der Waals surface area (Å²) in [6.45, 7) is 9.71. The van der Waals surface area contributed by atoms with Gasteiger partial charge in [-0.05, 0) is 168 Å². The summed E-state index contributed by atoms with van der Waals surface area (Å²) < 4.78 is 111. The van der Waals surface area contributed by atoms with Crippen molar-refractivity contribution >= 4 is 43.5 Å². The number of alkyl halides is 3. The first-order chi connectivity index (χ1) is 27.6. The fourth-order valence-corrected chi connectivity index (χ4v) is 12.2. The first-order valence-electron chi connectivity index (χ1n) is 20.8. The molecule has 2 unspecified atom stereocenters. The van der Waals surface area contributed by atoms with E-state index >= 15 is 4.39 Å². The molecule has 2 aromatic rings. The molecule has 0 bridgehead atoms. The maximum Gasteiger partial charge on any atom is 0.401 e. The van der Waals surface area contributed by atoms with Crippen molar-refractivity contribution in [3.8, 4) is 0 Å². The molecule has 2 fully saturated rings. The van der Waals surface area contributed by atoms with Crippen LogP contribution >= 0.6 is 0 Å². The number of benzene rings is 2. The van der Waals surface area contributed by atoms with Crippen LogP contribution in [-0.4, -0.2) is 94.1 Å². The predicted octanol–water partition coefficient (Wildman–Crippen LogP) is 7.15. The second-order valence-electron chi connectivity index (χ2n) is 17.5. The standard InChI is InChI=1S/C41H58F4N6O6S2/c1-24(2)34-21-30(42)22-35(38(34)47-40(53)49-58(54,55)31-9-13-50(14-10-31)23-41(43,44)45)26(5)17-27-18-29-20-28-7-6-8-33(28)37(36(29)19-27)46-39(52)48-59(56,57)32-11-15-51(16-12-32)25(3)4/h20-22,24-27,31-32H,6-19,23H2,1-5H3,(H2,46,48,52)(H2,47,49,53). The van der Waals surface area contributed by atoms with E-state index in [1.54, 1.807) is 0 Å². The number of hydrogen-bond acceptors (Lipinski definition) is 8. The largest absolute Gasteiger partial charge is 0.401 e. The number of urea groups is 2. The van der Waals surface area contributed by atoms with Gasteiger partial charge >= 0.3 is 18.2 Å². The van der Waals surface area contributed by atoms with Crippen LogP contribution in [0.1, 0.15) is 118 Å². The molecular formula is C41H58F4N6O6S2. The van der Waals surface area contributed by atoms with Crippen LogP contribution in [0.3, 0.4) is 0 Å². The lowest BCUT2D eigenvalue weighted by Crippen LogP contribution is -2.47. The quantitative estimate of drug-likeness (QED) is 0.164. The zero-order valence-electron chi connectivity index (χ0n) is 34.5. The van der Waals surface area contributed by atoms with Crippen molar-refractivity contribution in [1.82, 2.24) is 19.2 Å². The normalized spacial score (nSPS) is 20.4. The summed E-state index contributed by atoms with van der Waals surface area (Å²) >= 11 is 0. The Morgan fingerprint density at radius 1 is 0.746 bits per heavy atom. The van der Waals surface area contributed by atoms with Crippen molar-refractivity contribution in [3.05, 3.63) is 57.4 Å². The smallest absolute Gasteiger partial charge is 0.307 e. The molecule has 0 radical (unpaired) electrons. The highest BCUT2D eigenvalue weighted by atomic mass is 32.2. The molecule has 12 nitrogen and oxygen atoms in total. The summed E-state index contributed by atoms with van der Waals surface area (Å²) in [6, 6.07) is 3.34. The van der Waals surface area contributed by atoms with E-state index in [2.05, 4.69) is 44.9 Å². The number of likely N-dealkylation sites (tertiary alicyclic amines) is 2. The van der Waals surface area contributed by atoms with Crippen LogP contribution in [0.5, 0.6) is 0 Å². The topological polar surface area (TPSA) is 157 Å². The Morgan fingerprint density at radius 3 is 1.86 bits per heavy atom. The third-order valence-corrected chi connectivity index (χ3v) is 16.2. The molecule has 0 spiro atoms. The second-order valence-corrected chi connectivity index (χ2v) is 21.4. The van der Waals surface area contributed by atoms with E-state index in [0.717, 1.165) is 46.4 Å². The summed E-state index contributed by atoms with van der Waals surface area (Å²) in [5, 5.41) is 3.92. The van der Waals surface area contributed by atoms with E-state index in [1.807, 2.05) is 20.8 Å². The molecule has 0 saturated carbocycles. The van der Waals surface area contributed by atoms with E-state index in [-0.39, 0.29) is 43.7 Å². The van der Waals surface area contributed by atoms with Gasteiger partial charge in [0, 0.05) is 17.4 Å². The molecule has 6 rings (SSSR count). The van der Waals surface area contributed by atoms with E-state index in [9.17, 15) is 39.6 Å². The van der Waals surface area contributed by atoms with Crippen LogP contribution in [0.4, 0.5) is 38.5 Å². The van der Waals surface area contributed by atoms with Gasteiger partial charge in [0.15, 0.2) is 0 Å². The van der Waals surface area contributed by atoms with Gasteiger partial charge in [-0.1, -0.05) is 26.8 Å². The Labute approximate surface area is 345 Å². The molecule has 0 aromatic heterocycles. The Hall–Kier alpha value is -3.48. The average molecular weight is 871 g/mol. The van der Waals surface area contributed by atoms with Gasteiger partial charge in [0.2, 0.25) is 20.0 Å². The molecule has 18 heteroatoms. The SMILES string of the molecule is CC(C)c1cc(F)cc(C(C)CC2Cc3cc4c(c(NC(=O)NS(=O)(=O)C5CCN(C(C)C)CC5)c3C2)CCC4)c1NC(=O)NS(=O)(=O)C1CCN(CC(F)(F)F)CC1. The summed E-state index contributed by atoms with van der Waals surface area (Å²) in [5.41, 5.74) is 6.08. The molecule has 4 N–H and O–H groups in total. The Morgan fingerprint density at radius 2 is 1.31 bits per heavy atom. The molecule has 59 heavy (non-hydrogen) atoms. The molecule has 2 aromatic carbocycles. The number of hydrogen-bond donors (Lipinski definition) is 4. The molecule has 2 heterocycles. The van der Waals surface area contributed by atoms with Crippen molar-refractivity contribution in [2.24, 2.45) is 5.92 Å². The molecule has 4 aliphatic rings. The number of anilines is 2. The van der Waals surface area contributed by atoms with Crippen molar-refractivity contribution < 1.29 is 44.0 Å². The molecule has 2 atom stereocenters. The van der Waals surface area contributed by atoms with E-state index in [1.165, 1.54) is 12.1 Å². The fraction of sp³-hybridized carbons (Fsp3) is 0.659. The predicted molar refractivity (Wildman–Crippen MR) is 220 cm³/mol. The number of fused-ring (bicyclic) bond motifs is 2.